The number of anilines is 1. The Kier molecular flexibility index (Phi) is 5.85. The summed E-state index contributed by atoms with van der Waals surface area (Å²) in [7, 11) is 0. The molecule has 0 unspecified atom stereocenters. The van der Waals surface area contributed by atoms with Gasteiger partial charge in [-0.05, 0) is 56.2 Å². The summed E-state index contributed by atoms with van der Waals surface area (Å²) in [6.45, 7) is 5.06. The number of hydrogen-bond donors (Lipinski definition) is 2. The van der Waals surface area contributed by atoms with Crippen molar-refractivity contribution in [2.75, 3.05) is 5.32 Å². The van der Waals surface area contributed by atoms with Crippen molar-refractivity contribution >= 4 is 50.7 Å². The van der Waals surface area contributed by atoms with Gasteiger partial charge >= 0.3 is 5.97 Å². The summed E-state index contributed by atoms with van der Waals surface area (Å²) in [6.07, 6.45) is 0.840. The first kappa shape index (κ1) is 22.8. The number of halogens is 3. The smallest absolute Gasteiger partial charge is 0.355 e. The molecule has 0 saturated carbocycles. The van der Waals surface area contributed by atoms with Crippen molar-refractivity contribution in [3.05, 3.63) is 74.5 Å². The Labute approximate surface area is 195 Å². The molecule has 3 heterocycles. The number of nitrogens with one attached hydrogen (secondary N) is 1. The highest BCUT2D eigenvalue weighted by Gasteiger charge is 2.23. The Balaban J connectivity index is 1.76. The summed E-state index contributed by atoms with van der Waals surface area (Å²) in [5.41, 5.74) is 1.77. The third-order valence-electron chi connectivity index (χ3n) is 5.29. The van der Waals surface area contributed by atoms with E-state index >= 15 is 0 Å². The van der Waals surface area contributed by atoms with Crippen LogP contribution in [0.3, 0.4) is 0 Å². The Morgan fingerprint density at radius 3 is 2.52 bits per heavy atom. The lowest BCUT2D eigenvalue weighted by Gasteiger charge is -2.17. The summed E-state index contributed by atoms with van der Waals surface area (Å²) in [5.74, 6) is -2.67. The lowest BCUT2D eigenvalue weighted by molar-refractivity contribution is 0.0691. The Morgan fingerprint density at radius 1 is 1.09 bits per heavy atom. The first-order valence-electron chi connectivity index (χ1n) is 9.64. The molecule has 33 heavy (non-hydrogen) atoms. The van der Waals surface area contributed by atoms with Crippen molar-refractivity contribution in [3.63, 3.8) is 0 Å². The Morgan fingerprint density at radius 2 is 1.82 bits per heavy atom. The van der Waals surface area contributed by atoms with E-state index in [1.807, 2.05) is 0 Å². The fraction of sp³-hybridized carbons (Fsp3) is 0.130. The third kappa shape index (κ3) is 4.05. The summed E-state index contributed by atoms with van der Waals surface area (Å²) in [4.78, 5) is 32.9. The number of carboxylic acids is 1. The number of thiophene rings is 1. The predicted molar refractivity (Wildman–Crippen MR) is 123 cm³/mol. The van der Waals surface area contributed by atoms with Crippen LogP contribution in [-0.4, -0.2) is 27.0 Å². The minimum absolute atomic E-state index is 0.0977. The van der Waals surface area contributed by atoms with E-state index in [2.05, 4.69) is 15.3 Å². The highest BCUT2D eigenvalue weighted by Crippen LogP contribution is 2.37. The molecule has 3 aromatic heterocycles. The fourth-order valence-electron chi connectivity index (χ4n) is 3.61. The zero-order chi connectivity index (χ0) is 24.0. The van der Waals surface area contributed by atoms with Gasteiger partial charge in [-0.25, -0.2) is 23.5 Å². The second kappa shape index (κ2) is 8.49. The SMILES string of the molecule is Cc1nc(NC(=O)c2sc3cc(F)ccc3c2Cl)c(C)c(C)c1-c1cc(F)cnc1C(=O)O. The van der Waals surface area contributed by atoms with Crippen molar-refractivity contribution in [1.82, 2.24) is 9.97 Å². The second-order valence-electron chi connectivity index (χ2n) is 7.37. The number of amides is 1. The van der Waals surface area contributed by atoms with Gasteiger partial charge in [0.05, 0.1) is 11.2 Å². The minimum atomic E-state index is -1.30. The molecule has 0 aliphatic carbocycles. The molecule has 0 radical (unpaired) electrons. The maximum Gasteiger partial charge on any atom is 0.355 e. The number of rotatable bonds is 4. The molecule has 0 bridgehead atoms. The molecule has 0 aliphatic heterocycles. The van der Waals surface area contributed by atoms with E-state index in [0.717, 1.165) is 23.6 Å². The maximum atomic E-state index is 13.9. The van der Waals surface area contributed by atoms with Gasteiger partial charge in [0.2, 0.25) is 0 Å². The first-order chi connectivity index (χ1) is 15.6. The van der Waals surface area contributed by atoms with Crippen LogP contribution in [0.4, 0.5) is 14.6 Å². The van der Waals surface area contributed by atoms with Crippen molar-refractivity contribution in [1.29, 1.82) is 0 Å². The maximum absolute atomic E-state index is 13.9. The van der Waals surface area contributed by atoms with Crippen LogP contribution in [0.15, 0.2) is 30.5 Å². The Hall–Kier alpha value is -3.43. The number of fused-ring (bicyclic) bond motifs is 1. The molecule has 6 nitrogen and oxygen atoms in total. The number of carbonyl (C=O) groups excluding carboxylic acids is 1. The molecule has 0 fully saturated rings. The fourth-order valence-corrected chi connectivity index (χ4v) is 5.05. The monoisotopic (exact) mass is 487 g/mol. The minimum Gasteiger partial charge on any atom is -0.476 e. The number of benzene rings is 1. The van der Waals surface area contributed by atoms with Crippen LogP contribution < -0.4 is 5.32 Å². The van der Waals surface area contributed by atoms with Gasteiger partial charge in [0, 0.05) is 26.9 Å². The molecular weight excluding hydrogens is 472 g/mol. The molecule has 1 amide bonds. The van der Waals surface area contributed by atoms with Crippen molar-refractivity contribution in [3.8, 4) is 11.1 Å². The molecule has 4 rings (SSSR count). The number of carbonyl (C=O) groups is 2. The van der Waals surface area contributed by atoms with Crippen LogP contribution in [0.2, 0.25) is 5.02 Å². The average Bonchev–Trinajstić information content (AvgIpc) is 3.07. The van der Waals surface area contributed by atoms with Gasteiger partial charge in [0.25, 0.3) is 5.91 Å². The third-order valence-corrected chi connectivity index (χ3v) is 6.95. The van der Waals surface area contributed by atoms with E-state index in [1.54, 1.807) is 20.8 Å². The molecule has 168 valence electrons. The number of carboxylic acid groups (broad SMARTS) is 1. The van der Waals surface area contributed by atoms with Gasteiger partial charge < -0.3 is 10.4 Å². The molecule has 4 aromatic rings. The normalized spacial score (nSPS) is 11.1. The van der Waals surface area contributed by atoms with E-state index < -0.39 is 23.5 Å². The summed E-state index contributed by atoms with van der Waals surface area (Å²) >= 11 is 7.41. The van der Waals surface area contributed by atoms with Crippen LogP contribution >= 0.6 is 22.9 Å². The van der Waals surface area contributed by atoms with Crippen molar-refractivity contribution in [2.24, 2.45) is 0 Å². The number of pyridine rings is 2. The molecule has 0 spiro atoms. The summed E-state index contributed by atoms with van der Waals surface area (Å²) in [6, 6.07) is 5.19. The molecule has 0 atom stereocenters. The van der Waals surface area contributed by atoms with Gasteiger partial charge in [-0.2, -0.15) is 0 Å². The van der Waals surface area contributed by atoms with Crippen molar-refractivity contribution < 1.29 is 23.5 Å². The van der Waals surface area contributed by atoms with Crippen LogP contribution in [-0.2, 0) is 0 Å². The van der Waals surface area contributed by atoms with Crippen LogP contribution in [0.1, 0.15) is 37.0 Å². The number of nitrogens with zero attached hydrogens (tertiary/aromatic N) is 2. The van der Waals surface area contributed by atoms with Crippen molar-refractivity contribution in [2.45, 2.75) is 20.8 Å². The molecule has 2 N–H and O–H groups in total. The van der Waals surface area contributed by atoms with E-state index in [4.69, 9.17) is 11.6 Å². The van der Waals surface area contributed by atoms with E-state index in [1.165, 1.54) is 18.2 Å². The van der Waals surface area contributed by atoms with Crippen LogP contribution in [0.5, 0.6) is 0 Å². The zero-order valence-corrected chi connectivity index (χ0v) is 19.2. The molecule has 0 aliphatic rings. The molecule has 0 saturated heterocycles. The average molecular weight is 488 g/mol. The highest BCUT2D eigenvalue weighted by atomic mass is 35.5. The van der Waals surface area contributed by atoms with E-state index in [0.29, 0.717) is 32.5 Å². The lowest BCUT2D eigenvalue weighted by Crippen LogP contribution is -2.15. The standard InChI is InChI=1S/C23H16ClF2N3O3S/c1-9-10(2)21(28-11(3)17(9)15-6-13(26)8-27-19(15)23(31)32)29-22(30)20-18(24)14-5-4-12(25)7-16(14)33-20/h4-8H,1-3H3,(H,31,32)(H,28,29,30). The van der Waals surface area contributed by atoms with Gasteiger partial charge in [-0.1, -0.05) is 11.6 Å². The summed E-state index contributed by atoms with van der Waals surface area (Å²) < 4.78 is 28.0. The molecular formula is C23H16ClF2N3O3S. The number of hydrogen-bond acceptors (Lipinski definition) is 5. The largest absolute Gasteiger partial charge is 0.476 e. The van der Waals surface area contributed by atoms with Crippen LogP contribution in [0.25, 0.3) is 21.2 Å². The number of aromatic carboxylic acids is 1. The highest BCUT2D eigenvalue weighted by molar-refractivity contribution is 7.21. The van der Waals surface area contributed by atoms with Gasteiger partial charge in [0.15, 0.2) is 5.69 Å². The predicted octanol–water partition coefficient (Wildman–Crippen LogP) is 6.17. The van der Waals surface area contributed by atoms with E-state index in [-0.39, 0.29) is 27.0 Å². The molecule has 10 heteroatoms. The lowest BCUT2D eigenvalue weighted by atomic mass is 9.94. The molecule has 1 aromatic carbocycles. The first-order valence-corrected chi connectivity index (χ1v) is 10.8. The van der Waals surface area contributed by atoms with Crippen LogP contribution in [0, 0.1) is 32.4 Å². The van der Waals surface area contributed by atoms with Gasteiger partial charge in [-0.3, -0.25) is 4.79 Å². The summed E-state index contributed by atoms with van der Waals surface area (Å²) in [5, 5.41) is 13.0. The van der Waals surface area contributed by atoms with E-state index in [9.17, 15) is 23.5 Å². The second-order valence-corrected chi connectivity index (χ2v) is 8.80. The number of aromatic nitrogens is 2. The topological polar surface area (TPSA) is 92.2 Å². The zero-order valence-electron chi connectivity index (χ0n) is 17.6. The number of aryl methyl sites for hydroxylation is 1. The van der Waals surface area contributed by atoms with Gasteiger partial charge in [-0.15, -0.1) is 11.3 Å². The van der Waals surface area contributed by atoms with Gasteiger partial charge in [0.1, 0.15) is 22.3 Å². The quantitative estimate of drug-likeness (QED) is 0.359. The Bertz CT molecular complexity index is 1470.